The first-order chi connectivity index (χ1) is 9.63. The third-order valence-corrected chi connectivity index (χ3v) is 3.76. The first-order valence-electron chi connectivity index (χ1n) is 6.85. The van der Waals surface area contributed by atoms with Crippen LogP contribution in [0.2, 0.25) is 0 Å². The molecule has 0 saturated heterocycles. The van der Waals surface area contributed by atoms with E-state index < -0.39 is 0 Å². The third kappa shape index (κ3) is 2.49. The Kier molecular flexibility index (Phi) is 3.36. The number of rotatable bonds is 2. The van der Waals surface area contributed by atoms with Crippen molar-refractivity contribution in [2.24, 2.45) is 0 Å². The van der Waals surface area contributed by atoms with Crippen LogP contribution in [-0.2, 0) is 19.5 Å². The van der Waals surface area contributed by atoms with Crippen LogP contribution >= 0.6 is 0 Å². The number of nitrogens with zero attached hydrogens (tertiary/aromatic N) is 3. The van der Waals surface area contributed by atoms with Gasteiger partial charge >= 0.3 is 0 Å². The molecule has 0 atom stereocenters. The minimum atomic E-state index is 0.0150. The van der Waals surface area contributed by atoms with Gasteiger partial charge in [0, 0.05) is 31.4 Å². The molecule has 20 heavy (non-hydrogen) atoms. The van der Waals surface area contributed by atoms with Gasteiger partial charge < -0.3 is 4.98 Å². The zero-order valence-electron chi connectivity index (χ0n) is 11.8. The molecular weight excluding hydrogens is 252 g/mol. The lowest BCUT2D eigenvalue weighted by atomic mass is 10.1. The van der Waals surface area contributed by atoms with E-state index in [0.29, 0.717) is 5.82 Å². The van der Waals surface area contributed by atoms with Crippen molar-refractivity contribution in [2.75, 3.05) is 6.54 Å². The van der Waals surface area contributed by atoms with Gasteiger partial charge in [0.2, 0.25) is 0 Å². The summed E-state index contributed by atoms with van der Waals surface area (Å²) in [6.07, 6.45) is 2.58. The van der Waals surface area contributed by atoms with Crippen molar-refractivity contribution in [1.29, 1.82) is 0 Å². The van der Waals surface area contributed by atoms with Gasteiger partial charge in [-0.15, -0.1) is 0 Å². The van der Waals surface area contributed by atoms with Crippen LogP contribution in [0.1, 0.15) is 28.3 Å². The standard InChI is InChI=1S/C15H18N4O/c1-10-4-3-6-16-13(10)8-19-7-5-12-14(9-19)17-11(2)18-15(12)20/h3-4,6H,5,7-9H2,1-2H3,(H,17,18,20). The normalized spacial score (nSPS) is 15.1. The first-order valence-corrected chi connectivity index (χ1v) is 6.85. The molecule has 2 aromatic rings. The van der Waals surface area contributed by atoms with Gasteiger partial charge in [-0.3, -0.25) is 14.7 Å². The van der Waals surface area contributed by atoms with Crippen LogP contribution in [0.4, 0.5) is 0 Å². The maximum absolute atomic E-state index is 11.9. The van der Waals surface area contributed by atoms with E-state index in [0.717, 1.165) is 43.0 Å². The van der Waals surface area contributed by atoms with Crippen molar-refractivity contribution in [2.45, 2.75) is 33.4 Å². The summed E-state index contributed by atoms with van der Waals surface area (Å²) in [5.41, 5.74) is 4.06. The molecule has 0 saturated carbocycles. The minimum absolute atomic E-state index is 0.0150. The Morgan fingerprint density at radius 3 is 3.05 bits per heavy atom. The first kappa shape index (κ1) is 13.0. The molecule has 2 aromatic heterocycles. The molecule has 1 aliphatic rings. The van der Waals surface area contributed by atoms with Crippen LogP contribution in [0.5, 0.6) is 0 Å². The second-order valence-electron chi connectivity index (χ2n) is 5.30. The van der Waals surface area contributed by atoms with E-state index in [1.807, 2.05) is 19.2 Å². The van der Waals surface area contributed by atoms with E-state index in [1.54, 1.807) is 0 Å². The van der Waals surface area contributed by atoms with Crippen molar-refractivity contribution < 1.29 is 0 Å². The predicted molar refractivity (Wildman–Crippen MR) is 76.4 cm³/mol. The minimum Gasteiger partial charge on any atom is -0.311 e. The van der Waals surface area contributed by atoms with E-state index in [4.69, 9.17) is 0 Å². The Morgan fingerprint density at radius 2 is 2.25 bits per heavy atom. The lowest BCUT2D eigenvalue weighted by Crippen LogP contribution is -2.35. The predicted octanol–water partition coefficient (Wildman–Crippen LogP) is 1.34. The van der Waals surface area contributed by atoms with Crippen molar-refractivity contribution in [3.8, 4) is 0 Å². The van der Waals surface area contributed by atoms with Crippen molar-refractivity contribution in [3.05, 3.63) is 57.0 Å². The van der Waals surface area contributed by atoms with Crippen LogP contribution in [0, 0.1) is 13.8 Å². The van der Waals surface area contributed by atoms with E-state index in [-0.39, 0.29) is 5.56 Å². The summed E-state index contributed by atoms with van der Waals surface area (Å²) in [7, 11) is 0. The van der Waals surface area contributed by atoms with Gasteiger partial charge in [0.05, 0.1) is 11.4 Å². The quantitative estimate of drug-likeness (QED) is 0.894. The summed E-state index contributed by atoms with van der Waals surface area (Å²) >= 11 is 0. The number of aromatic amines is 1. The van der Waals surface area contributed by atoms with Gasteiger partial charge in [-0.2, -0.15) is 0 Å². The fraction of sp³-hybridized carbons (Fsp3) is 0.400. The average Bonchev–Trinajstić information content (AvgIpc) is 2.41. The molecule has 5 nitrogen and oxygen atoms in total. The second kappa shape index (κ2) is 5.17. The van der Waals surface area contributed by atoms with Crippen molar-refractivity contribution >= 4 is 0 Å². The Balaban J connectivity index is 1.82. The zero-order chi connectivity index (χ0) is 14.1. The van der Waals surface area contributed by atoms with Gasteiger partial charge in [0.25, 0.3) is 5.56 Å². The number of hydrogen-bond donors (Lipinski definition) is 1. The van der Waals surface area contributed by atoms with Crippen LogP contribution in [0.15, 0.2) is 23.1 Å². The molecule has 1 aliphatic heterocycles. The molecule has 0 spiro atoms. The molecule has 3 rings (SSSR count). The maximum Gasteiger partial charge on any atom is 0.254 e. The molecule has 0 bridgehead atoms. The number of aromatic nitrogens is 3. The van der Waals surface area contributed by atoms with E-state index in [9.17, 15) is 4.79 Å². The number of H-pyrrole nitrogens is 1. The highest BCUT2D eigenvalue weighted by Crippen LogP contribution is 2.16. The maximum atomic E-state index is 11.9. The van der Waals surface area contributed by atoms with E-state index in [1.165, 1.54) is 5.56 Å². The molecule has 0 fully saturated rings. The van der Waals surface area contributed by atoms with Gasteiger partial charge in [0.15, 0.2) is 0 Å². The van der Waals surface area contributed by atoms with Gasteiger partial charge in [-0.05, 0) is 31.9 Å². The SMILES string of the molecule is Cc1nc2c(c(=O)[nH]1)CCN(Cc1ncccc1C)C2. The van der Waals surface area contributed by atoms with Crippen LogP contribution in [-0.4, -0.2) is 26.4 Å². The lowest BCUT2D eigenvalue weighted by molar-refractivity contribution is 0.237. The van der Waals surface area contributed by atoms with Crippen LogP contribution in [0.25, 0.3) is 0 Å². The Labute approximate surface area is 117 Å². The summed E-state index contributed by atoms with van der Waals surface area (Å²) in [5, 5.41) is 0. The average molecular weight is 270 g/mol. The number of hydrogen-bond acceptors (Lipinski definition) is 4. The molecular formula is C15H18N4O. The highest BCUT2D eigenvalue weighted by Gasteiger charge is 2.21. The summed E-state index contributed by atoms with van der Waals surface area (Å²) in [4.78, 5) is 25.9. The smallest absolute Gasteiger partial charge is 0.254 e. The number of pyridine rings is 1. The van der Waals surface area contributed by atoms with Gasteiger partial charge in [0.1, 0.15) is 5.82 Å². The molecule has 0 unspecified atom stereocenters. The number of fused-ring (bicyclic) bond motifs is 1. The fourth-order valence-corrected chi connectivity index (χ4v) is 2.65. The third-order valence-electron chi connectivity index (χ3n) is 3.76. The lowest BCUT2D eigenvalue weighted by Gasteiger charge is -2.27. The zero-order valence-corrected chi connectivity index (χ0v) is 11.8. The van der Waals surface area contributed by atoms with E-state index >= 15 is 0 Å². The fourth-order valence-electron chi connectivity index (χ4n) is 2.65. The Morgan fingerprint density at radius 1 is 1.40 bits per heavy atom. The largest absolute Gasteiger partial charge is 0.311 e. The molecule has 0 amide bonds. The molecule has 3 heterocycles. The van der Waals surface area contributed by atoms with Crippen molar-refractivity contribution in [3.63, 3.8) is 0 Å². The number of aryl methyl sites for hydroxylation is 2. The molecule has 0 radical (unpaired) electrons. The van der Waals surface area contributed by atoms with Crippen LogP contribution in [0.3, 0.4) is 0 Å². The highest BCUT2D eigenvalue weighted by atomic mass is 16.1. The van der Waals surface area contributed by atoms with Crippen LogP contribution < -0.4 is 5.56 Å². The van der Waals surface area contributed by atoms with Crippen molar-refractivity contribution in [1.82, 2.24) is 19.9 Å². The topological polar surface area (TPSA) is 61.9 Å². The molecule has 0 aromatic carbocycles. The van der Waals surface area contributed by atoms with Gasteiger partial charge in [-0.1, -0.05) is 6.07 Å². The second-order valence-corrected chi connectivity index (χ2v) is 5.30. The summed E-state index contributed by atoms with van der Waals surface area (Å²) in [6.45, 7) is 6.30. The molecule has 5 heteroatoms. The molecule has 1 N–H and O–H groups in total. The Hall–Kier alpha value is -2.01. The Bertz CT molecular complexity index is 693. The summed E-state index contributed by atoms with van der Waals surface area (Å²) in [5.74, 6) is 0.685. The van der Waals surface area contributed by atoms with E-state index in [2.05, 4.69) is 32.8 Å². The van der Waals surface area contributed by atoms with Gasteiger partial charge in [-0.25, -0.2) is 4.98 Å². The summed E-state index contributed by atoms with van der Waals surface area (Å²) in [6, 6.07) is 4.03. The monoisotopic (exact) mass is 270 g/mol. The highest BCUT2D eigenvalue weighted by molar-refractivity contribution is 5.22. The molecule has 104 valence electrons. The summed E-state index contributed by atoms with van der Waals surface area (Å²) < 4.78 is 0. The molecule has 0 aliphatic carbocycles. The number of nitrogens with one attached hydrogen (secondary N) is 1.